The normalized spacial score (nSPS) is 24.5. The lowest BCUT2D eigenvalue weighted by molar-refractivity contribution is 0.0697. The number of aromatic carboxylic acids is 1. The highest BCUT2D eigenvalue weighted by atomic mass is 35.5. The molecule has 1 aliphatic rings. The third-order valence-electron chi connectivity index (χ3n) is 3.90. The van der Waals surface area contributed by atoms with Gasteiger partial charge in [0.25, 0.3) is 0 Å². The molecule has 1 aromatic rings. The van der Waals surface area contributed by atoms with Crippen LogP contribution in [0.15, 0.2) is 18.2 Å². The summed E-state index contributed by atoms with van der Waals surface area (Å²) in [5.74, 6) is -0.950. The minimum atomic E-state index is -0.950. The average Bonchev–Trinajstić information content (AvgIpc) is 2.35. The largest absolute Gasteiger partial charge is 0.478 e. The molecule has 0 radical (unpaired) electrons. The molecule has 2 rings (SSSR count). The molecule has 104 valence electrons. The van der Waals surface area contributed by atoms with E-state index >= 15 is 0 Å². The quantitative estimate of drug-likeness (QED) is 0.905. The molecule has 2 atom stereocenters. The van der Waals surface area contributed by atoms with E-state index in [-0.39, 0.29) is 5.56 Å². The van der Waals surface area contributed by atoms with E-state index in [1.807, 2.05) is 0 Å². The van der Waals surface area contributed by atoms with Crippen LogP contribution in [0.3, 0.4) is 0 Å². The molecule has 0 spiro atoms. The SMILES string of the molecule is CC1CN(c2ccc(C(=O)O)cc2Cl)CC(C)N1C. The van der Waals surface area contributed by atoms with Gasteiger partial charge in [0.15, 0.2) is 0 Å². The van der Waals surface area contributed by atoms with E-state index in [1.54, 1.807) is 12.1 Å². The second kappa shape index (κ2) is 5.39. The van der Waals surface area contributed by atoms with Crippen molar-refractivity contribution >= 4 is 23.3 Å². The number of carbonyl (C=O) groups is 1. The zero-order chi connectivity index (χ0) is 14.2. The molecular weight excluding hydrogens is 264 g/mol. The summed E-state index contributed by atoms with van der Waals surface area (Å²) in [6.07, 6.45) is 0. The van der Waals surface area contributed by atoms with Crippen LogP contribution >= 0.6 is 11.6 Å². The number of benzene rings is 1. The molecule has 2 unspecified atom stereocenters. The zero-order valence-electron chi connectivity index (χ0n) is 11.4. The van der Waals surface area contributed by atoms with Crippen molar-refractivity contribution in [2.75, 3.05) is 25.0 Å². The first-order chi connectivity index (χ1) is 8.90. The van der Waals surface area contributed by atoms with Crippen molar-refractivity contribution < 1.29 is 9.90 Å². The Morgan fingerprint density at radius 1 is 1.32 bits per heavy atom. The van der Waals surface area contributed by atoms with Gasteiger partial charge in [-0.2, -0.15) is 0 Å². The number of likely N-dealkylation sites (N-methyl/N-ethyl adjacent to an activating group) is 1. The monoisotopic (exact) mass is 282 g/mol. The van der Waals surface area contributed by atoms with Crippen molar-refractivity contribution in [1.29, 1.82) is 0 Å². The van der Waals surface area contributed by atoms with Crippen LogP contribution in [0, 0.1) is 0 Å². The van der Waals surface area contributed by atoms with Gasteiger partial charge >= 0.3 is 5.97 Å². The van der Waals surface area contributed by atoms with Crippen LogP contribution in [0.5, 0.6) is 0 Å². The summed E-state index contributed by atoms with van der Waals surface area (Å²) in [4.78, 5) is 15.5. The van der Waals surface area contributed by atoms with Crippen LogP contribution < -0.4 is 4.90 Å². The number of rotatable bonds is 2. The number of carboxylic acid groups (broad SMARTS) is 1. The molecule has 0 aliphatic carbocycles. The first-order valence-electron chi connectivity index (χ1n) is 6.40. The molecule has 1 aromatic carbocycles. The van der Waals surface area contributed by atoms with Gasteiger partial charge in [-0.05, 0) is 39.1 Å². The first-order valence-corrected chi connectivity index (χ1v) is 6.77. The smallest absolute Gasteiger partial charge is 0.335 e. The van der Waals surface area contributed by atoms with E-state index in [4.69, 9.17) is 16.7 Å². The number of halogens is 1. The maximum atomic E-state index is 10.9. The van der Waals surface area contributed by atoms with Gasteiger partial charge in [0.1, 0.15) is 0 Å². The lowest BCUT2D eigenvalue weighted by Gasteiger charge is -2.43. The molecule has 19 heavy (non-hydrogen) atoms. The van der Waals surface area contributed by atoms with Crippen molar-refractivity contribution in [2.45, 2.75) is 25.9 Å². The molecule has 0 aromatic heterocycles. The fourth-order valence-corrected chi connectivity index (χ4v) is 2.80. The van der Waals surface area contributed by atoms with Crippen molar-refractivity contribution in [3.05, 3.63) is 28.8 Å². The van der Waals surface area contributed by atoms with Gasteiger partial charge in [0.05, 0.1) is 16.3 Å². The number of piperazine rings is 1. The summed E-state index contributed by atoms with van der Waals surface area (Å²) in [5.41, 5.74) is 1.14. The average molecular weight is 283 g/mol. The van der Waals surface area contributed by atoms with E-state index in [1.165, 1.54) is 6.07 Å². The minimum Gasteiger partial charge on any atom is -0.478 e. The predicted octanol–water partition coefficient (Wildman–Crippen LogP) is 2.57. The van der Waals surface area contributed by atoms with E-state index in [9.17, 15) is 4.79 Å². The number of anilines is 1. The Labute approximate surface area is 118 Å². The second-order valence-electron chi connectivity index (χ2n) is 5.24. The van der Waals surface area contributed by atoms with E-state index in [2.05, 4.69) is 30.7 Å². The summed E-state index contributed by atoms with van der Waals surface area (Å²) in [6.45, 7) is 6.16. The number of hydrogen-bond acceptors (Lipinski definition) is 3. The molecular formula is C14H19ClN2O2. The van der Waals surface area contributed by atoms with Crippen LogP contribution in [0.25, 0.3) is 0 Å². The van der Waals surface area contributed by atoms with Crippen molar-refractivity contribution in [2.24, 2.45) is 0 Å². The fourth-order valence-electron chi connectivity index (χ4n) is 2.50. The van der Waals surface area contributed by atoms with Crippen molar-refractivity contribution in [1.82, 2.24) is 4.90 Å². The Morgan fingerprint density at radius 2 is 1.89 bits per heavy atom. The standard InChI is InChI=1S/C14H19ClN2O2/c1-9-7-17(8-10(2)16(9)3)13-5-4-11(14(18)19)6-12(13)15/h4-6,9-10H,7-8H2,1-3H3,(H,18,19). The highest BCUT2D eigenvalue weighted by molar-refractivity contribution is 6.33. The van der Waals surface area contributed by atoms with Crippen LogP contribution in [0.1, 0.15) is 24.2 Å². The zero-order valence-corrected chi connectivity index (χ0v) is 12.2. The van der Waals surface area contributed by atoms with Crippen LogP contribution in [0.2, 0.25) is 5.02 Å². The lowest BCUT2D eigenvalue weighted by atomic mass is 10.1. The maximum absolute atomic E-state index is 10.9. The Balaban J connectivity index is 2.25. The third kappa shape index (κ3) is 2.85. The van der Waals surface area contributed by atoms with E-state index in [0.717, 1.165) is 18.8 Å². The highest BCUT2D eigenvalue weighted by Crippen LogP contribution is 2.29. The Hall–Kier alpha value is -1.26. The van der Waals surface area contributed by atoms with Gasteiger partial charge < -0.3 is 10.0 Å². The summed E-state index contributed by atoms with van der Waals surface area (Å²) in [6, 6.07) is 5.82. The molecule has 1 N–H and O–H groups in total. The molecule has 1 saturated heterocycles. The first kappa shape index (κ1) is 14.2. The number of hydrogen-bond donors (Lipinski definition) is 1. The summed E-state index contributed by atoms with van der Waals surface area (Å²) in [5, 5.41) is 9.45. The molecule has 1 aliphatic heterocycles. The predicted molar refractivity (Wildman–Crippen MR) is 77.3 cm³/mol. The Kier molecular flexibility index (Phi) is 4.02. The van der Waals surface area contributed by atoms with Crippen molar-refractivity contribution in [3.8, 4) is 0 Å². The molecule has 4 nitrogen and oxygen atoms in total. The van der Waals surface area contributed by atoms with Crippen molar-refractivity contribution in [3.63, 3.8) is 0 Å². The van der Waals surface area contributed by atoms with Gasteiger partial charge in [-0.3, -0.25) is 4.90 Å². The molecule has 1 fully saturated rings. The second-order valence-corrected chi connectivity index (χ2v) is 5.65. The fraction of sp³-hybridized carbons (Fsp3) is 0.500. The summed E-state index contributed by atoms with van der Waals surface area (Å²) in [7, 11) is 2.13. The molecule has 0 amide bonds. The Morgan fingerprint density at radius 3 is 2.37 bits per heavy atom. The molecule has 5 heteroatoms. The van der Waals surface area contributed by atoms with E-state index in [0.29, 0.717) is 17.1 Å². The molecule has 0 bridgehead atoms. The lowest BCUT2D eigenvalue weighted by Crippen LogP contribution is -2.55. The molecule has 1 heterocycles. The minimum absolute atomic E-state index is 0.226. The number of nitrogens with zero attached hydrogens (tertiary/aromatic N) is 2. The van der Waals surface area contributed by atoms with Crippen LogP contribution in [-0.4, -0.2) is 48.2 Å². The summed E-state index contributed by atoms with van der Waals surface area (Å²) < 4.78 is 0. The maximum Gasteiger partial charge on any atom is 0.335 e. The van der Waals surface area contributed by atoms with Gasteiger partial charge in [-0.15, -0.1) is 0 Å². The van der Waals surface area contributed by atoms with Gasteiger partial charge in [0.2, 0.25) is 0 Å². The topological polar surface area (TPSA) is 43.8 Å². The van der Waals surface area contributed by atoms with Crippen LogP contribution in [-0.2, 0) is 0 Å². The highest BCUT2D eigenvalue weighted by Gasteiger charge is 2.27. The van der Waals surface area contributed by atoms with Crippen LogP contribution in [0.4, 0.5) is 5.69 Å². The van der Waals surface area contributed by atoms with E-state index < -0.39 is 5.97 Å². The van der Waals surface area contributed by atoms with Gasteiger partial charge in [0, 0.05) is 25.2 Å². The Bertz CT molecular complexity index is 480. The molecule has 0 saturated carbocycles. The summed E-state index contributed by atoms with van der Waals surface area (Å²) >= 11 is 6.22. The number of carboxylic acids is 1. The third-order valence-corrected chi connectivity index (χ3v) is 4.20. The van der Waals surface area contributed by atoms with Gasteiger partial charge in [-0.1, -0.05) is 11.6 Å². The van der Waals surface area contributed by atoms with Gasteiger partial charge in [-0.25, -0.2) is 4.79 Å².